The van der Waals surface area contributed by atoms with Crippen LogP contribution in [0.3, 0.4) is 0 Å². The van der Waals surface area contributed by atoms with Crippen molar-refractivity contribution in [3.63, 3.8) is 0 Å². The van der Waals surface area contributed by atoms with Gasteiger partial charge in [0.25, 0.3) is 11.6 Å². The van der Waals surface area contributed by atoms with Crippen molar-refractivity contribution in [2.24, 2.45) is 0 Å². The molecule has 2 aromatic rings. The van der Waals surface area contributed by atoms with Gasteiger partial charge in [0.05, 0.1) is 37.3 Å². The Hall–Kier alpha value is -2.82. The highest BCUT2D eigenvalue weighted by molar-refractivity contribution is 7.98. The maximum Gasteiger partial charge on any atom is 0.283 e. The Morgan fingerprint density at radius 3 is 2.69 bits per heavy atom. The quantitative estimate of drug-likeness (QED) is 0.327. The van der Waals surface area contributed by atoms with Crippen LogP contribution in [0, 0.1) is 10.1 Å². The number of nitrogens with zero attached hydrogens (tertiary/aromatic N) is 2. The predicted octanol–water partition coefficient (Wildman–Crippen LogP) is 2.97. The van der Waals surface area contributed by atoms with Gasteiger partial charge in [-0.25, -0.2) is 0 Å². The number of thioether (sulfide) groups is 1. The summed E-state index contributed by atoms with van der Waals surface area (Å²) in [4.78, 5) is 26.4. The third-order valence-corrected chi connectivity index (χ3v) is 6.21. The van der Waals surface area contributed by atoms with Crippen molar-refractivity contribution >= 4 is 23.4 Å². The monoisotopic (exact) mass is 461 g/mol. The van der Waals surface area contributed by atoms with Crippen LogP contribution in [-0.4, -0.2) is 69.3 Å². The van der Waals surface area contributed by atoms with E-state index in [4.69, 9.17) is 14.2 Å². The maximum atomic E-state index is 12.5. The number of amides is 1. The smallest absolute Gasteiger partial charge is 0.283 e. The van der Waals surface area contributed by atoms with Crippen molar-refractivity contribution in [1.82, 2.24) is 10.2 Å². The van der Waals surface area contributed by atoms with E-state index < -0.39 is 4.92 Å². The Kier molecular flexibility index (Phi) is 8.72. The lowest BCUT2D eigenvalue weighted by Crippen LogP contribution is -2.41. The number of para-hydroxylation sites is 1. The van der Waals surface area contributed by atoms with Crippen LogP contribution in [0.15, 0.2) is 41.3 Å². The molecule has 1 saturated heterocycles. The molecule has 0 bridgehead atoms. The lowest BCUT2D eigenvalue weighted by atomic mass is 10.2. The average molecular weight is 462 g/mol. The van der Waals surface area contributed by atoms with Crippen LogP contribution >= 0.6 is 11.8 Å². The van der Waals surface area contributed by atoms with Crippen molar-refractivity contribution in [2.75, 3.05) is 53.6 Å². The summed E-state index contributed by atoms with van der Waals surface area (Å²) in [6.07, 6.45) is 0. The molecule has 1 amide bonds. The molecule has 1 heterocycles. The van der Waals surface area contributed by atoms with E-state index in [-0.39, 0.29) is 17.2 Å². The van der Waals surface area contributed by atoms with Crippen LogP contribution in [-0.2, 0) is 10.5 Å². The van der Waals surface area contributed by atoms with Gasteiger partial charge in [-0.2, -0.15) is 0 Å². The summed E-state index contributed by atoms with van der Waals surface area (Å²) < 4.78 is 16.0. The molecule has 0 saturated carbocycles. The first-order valence-electron chi connectivity index (χ1n) is 10.2. The summed E-state index contributed by atoms with van der Waals surface area (Å²) in [5, 5.41) is 14.5. The normalized spacial score (nSPS) is 14.1. The number of carbonyl (C=O) groups is 1. The van der Waals surface area contributed by atoms with E-state index >= 15 is 0 Å². The summed E-state index contributed by atoms with van der Waals surface area (Å²) in [7, 11) is 3.12. The molecule has 1 fully saturated rings. The Balaban J connectivity index is 1.65. The van der Waals surface area contributed by atoms with E-state index in [0.29, 0.717) is 48.5 Å². The zero-order valence-corrected chi connectivity index (χ0v) is 19.0. The van der Waals surface area contributed by atoms with Crippen LogP contribution in [0.4, 0.5) is 5.69 Å². The topological polar surface area (TPSA) is 103 Å². The summed E-state index contributed by atoms with van der Waals surface area (Å²) in [6.45, 7) is 4.25. The molecule has 3 rings (SSSR count). The molecular formula is C22H27N3O6S. The minimum Gasteiger partial charge on any atom is -0.493 e. The van der Waals surface area contributed by atoms with Crippen molar-refractivity contribution in [3.8, 4) is 11.5 Å². The lowest BCUT2D eigenvalue weighted by molar-refractivity contribution is -0.387. The summed E-state index contributed by atoms with van der Waals surface area (Å²) in [6, 6.07) is 10.1. The van der Waals surface area contributed by atoms with E-state index in [2.05, 4.69) is 10.2 Å². The second-order valence-electron chi connectivity index (χ2n) is 7.09. The van der Waals surface area contributed by atoms with E-state index in [1.54, 1.807) is 32.4 Å². The van der Waals surface area contributed by atoms with E-state index in [1.807, 2.05) is 12.1 Å². The molecule has 0 radical (unpaired) electrons. The first-order valence-corrected chi connectivity index (χ1v) is 11.2. The SMILES string of the molecule is COc1cccc(CSc2ccc(C(=O)NCCN3CCOCC3)cc2[N+](=O)[O-])c1OC. The van der Waals surface area contributed by atoms with Gasteiger partial charge in [0, 0.05) is 49.1 Å². The molecule has 1 aliphatic rings. The van der Waals surface area contributed by atoms with Gasteiger partial charge in [0.1, 0.15) is 0 Å². The van der Waals surface area contributed by atoms with Gasteiger partial charge < -0.3 is 19.5 Å². The van der Waals surface area contributed by atoms with Crippen LogP contribution in [0.1, 0.15) is 15.9 Å². The molecule has 9 nitrogen and oxygen atoms in total. The summed E-state index contributed by atoms with van der Waals surface area (Å²) in [5.41, 5.74) is 1.02. The zero-order valence-electron chi connectivity index (χ0n) is 18.2. The van der Waals surface area contributed by atoms with Gasteiger partial charge in [-0.1, -0.05) is 12.1 Å². The molecule has 2 aromatic carbocycles. The van der Waals surface area contributed by atoms with E-state index in [9.17, 15) is 14.9 Å². The molecule has 1 N–H and O–H groups in total. The fraction of sp³-hybridized carbons (Fsp3) is 0.409. The number of ether oxygens (including phenoxy) is 3. The van der Waals surface area contributed by atoms with Gasteiger partial charge in [-0.05, 0) is 18.2 Å². The van der Waals surface area contributed by atoms with E-state index in [0.717, 1.165) is 18.7 Å². The Morgan fingerprint density at radius 2 is 2.00 bits per heavy atom. The first-order chi connectivity index (χ1) is 15.5. The second kappa shape index (κ2) is 11.7. The molecule has 0 unspecified atom stereocenters. The molecule has 0 aliphatic carbocycles. The molecule has 10 heteroatoms. The van der Waals surface area contributed by atoms with Crippen molar-refractivity contribution in [2.45, 2.75) is 10.6 Å². The maximum absolute atomic E-state index is 12.5. The Morgan fingerprint density at radius 1 is 1.22 bits per heavy atom. The number of nitro groups is 1. The molecule has 0 aromatic heterocycles. The Bertz CT molecular complexity index is 949. The highest BCUT2D eigenvalue weighted by atomic mass is 32.2. The van der Waals surface area contributed by atoms with Gasteiger partial charge >= 0.3 is 0 Å². The molecule has 32 heavy (non-hydrogen) atoms. The zero-order chi connectivity index (χ0) is 22.9. The van der Waals surface area contributed by atoms with Crippen LogP contribution in [0.25, 0.3) is 0 Å². The molecule has 0 atom stereocenters. The number of methoxy groups -OCH3 is 2. The average Bonchev–Trinajstić information content (AvgIpc) is 2.82. The van der Waals surface area contributed by atoms with Crippen molar-refractivity contribution in [3.05, 3.63) is 57.6 Å². The lowest BCUT2D eigenvalue weighted by Gasteiger charge is -2.26. The number of benzene rings is 2. The third-order valence-electron chi connectivity index (χ3n) is 5.10. The minimum absolute atomic E-state index is 0.0994. The largest absolute Gasteiger partial charge is 0.493 e. The van der Waals surface area contributed by atoms with Gasteiger partial charge in [0.2, 0.25) is 0 Å². The predicted molar refractivity (Wildman–Crippen MR) is 122 cm³/mol. The number of hydrogen-bond acceptors (Lipinski definition) is 8. The number of rotatable bonds is 10. The van der Waals surface area contributed by atoms with Crippen LogP contribution < -0.4 is 14.8 Å². The van der Waals surface area contributed by atoms with Gasteiger partial charge in [-0.3, -0.25) is 19.8 Å². The molecule has 1 aliphatic heterocycles. The number of morpholine rings is 1. The van der Waals surface area contributed by atoms with Crippen LogP contribution in [0.2, 0.25) is 0 Å². The second-order valence-corrected chi connectivity index (χ2v) is 8.11. The van der Waals surface area contributed by atoms with Crippen molar-refractivity contribution < 1.29 is 23.9 Å². The fourth-order valence-electron chi connectivity index (χ4n) is 3.40. The van der Waals surface area contributed by atoms with Gasteiger partial charge in [0.15, 0.2) is 11.5 Å². The summed E-state index contributed by atoms with van der Waals surface area (Å²) in [5.74, 6) is 1.32. The molecular weight excluding hydrogens is 434 g/mol. The highest BCUT2D eigenvalue weighted by Gasteiger charge is 2.19. The fourth-order valence-corrected chi connectivity index (χ4v) is 4.38. The summed E-state index contributed by atoms with van der Waals surface area (Å²) >= 11 is 1.31. The van der Waals surface area contributed by atoms with Crippen molar-refractivity contribution in [1.29, 1.82) is 0 Å². The van der Waals surface area contributed by atoms with E-state index in [1.165, 1.54) is 17.8 Å². The number of nitrogens with one attached hydrogen (secondary N) is 1. The number of hydrogen-bond donors (Lipinski definition) is 1. The molecule has 172 valence electrons. The van der Waals surface area contributed by atoms with Crippen LogP contribution in [0.5, 0.6) is 11.5 Å². The standard InChI is InChI=1S/C22H27N3O6S/c1-29-19-5-3-4-17(21(19)30-2)15-32-20-7-6-16(14-18(20)25(27)28)22(26)23-8-9-24-10-12-31-13-11-24/h3-7,14H,8-13,15H2,1-2H3,(H,23,26). The Labute approximate surface area is 191 Å². The highest BCUT2D eigenvalue weighted by Crippen LogP contribution is 2.37. The number of carbonyl (C=O) groups excluding carboxylic acids is 1. The number of nitro benzene ring substituents is 1. The van der Waals surface area contributed by atoms with Gasteiger partial charge in [-0.15, -0.1) is 11.8 Å². The molecule has 0 spiro atoms. The minimum atomic E-state index is -0.463. The first kappa shape index (κ1) is 23.8. The third kappa shape index (κ3) is 6.12.